The van der Waals surface area contributed by atoms with Gasteiger partial charge in [-0.1, -0.05) is 37.3 Å². The number of nitrogens with zero attached hydrogens (tertiary/aromatic N) is 4. The summed E-state index contributed by atoms with van der Waals surface area (Å²) >= 11 is 1.53. The van der Waals surface area contributed by atoms with Crippen molar-refractivity contribution >= 4 is 23.0 Å². The van der Waals surface area contributed by atoms with Gasteiger partial charge in [-0.25, -0.2) is 14.7 Å². The van der Waals surface area contributed by atoms with Crippen LogP contribution in [0.15, 0.2) is 41.4 Å². The maximum atomic E-state index is 11.4. The van der Waals surface area contributed by atoms with Crippen LogP contribution in [-0.2, 0) is 6.42 Å². The lowest BCUT2D eigenvalue weighted by Gasteiger charge is -2.06. The molecule has 0 aliphatic carbocycles. The molecule has 0 saturated carbocycles. The van der Waals surface area contributed by atoms with E-state index in [9.17, 15) is 9.90 Å². The van der Waals surface area contributed by atoms with Crippen molar-refractivity contribution in [3.8, 4) is 5.00 Å². The minimum Gasteiger partial charge on any atom is -0.365 e. The van der Waals surface area contributed by atoms with E-state index in [1.807, 2.05) is 36.4 Å². The Kier molecular flexibility index (Phi) is 3.70. The van der Waals surface area contributed by atoms with Crippen molar-refractivity contribution in [3.05, 3.63) is 64.1 Å². The van der Waals surface area contributed by atoms with E-state index in [-0.39, 0.29) is 11.6 Å². The second-order valence-electron chi connectivity index (χ2n) is 5.57. The quantitative estimate of drug-likeness (QED) is 0.749. The number of aliphatic hydroxyl groups excluding tert-OH is 1. The highest BCUT2D eigenvalue weighted by molar-refractivity contribution is 7.15. The molecule has 1 atom stereocenters. The maximum Gasteiger partial charge on any atom is 0.288 e. The number of carbonyl (C=O) groups excluding carboxylic acids is 1. The molecule has 1 aliphatic heterocycles. The van der Waals surface area contributed by atoms with Gasteiger partial charge in [0.2, 0.25) is 12.1 Å². The summed E-state index contributed by atoms with van der Waals surface area (Å²) in [5.41, 5.74) is 7.71. The molecule has 126 valence electrons. The molecule has 4 rings (SSSR count). The van der Waals surface area contributed by atoms with Gasteiger partial charge in [-0.05, 0) is 12.5 Å². The van der Waals surface area contributed by atoms with Crippen LogP contribution in [0.4, 0.5) is 0 Å². The van der Waals surface area contributed by atoms with E-state index in [0.29, 0.717) is 5.71 Å². The molecule has 8 heteroatoms. The molecule has 1 aliphatic rings. The van der Waals surface area contributed by atoms with Crippen LogP contribution < -0.4 is 5.73 Å². The molecular formula is C17H15N5O2S. The summed E-state index contributed by atoms with van der Waals surface area (Å²) in [6, 6.07) is 11.7. The van der Waals surface area contributed by atoms with Crippen LogP contribution in [0.1, 0.15) is 45.6 Å². The zero-order valence-electron chi connectivity index (χ0n) is 13.4. The number of fused-ring (bicyclic) bond motifs is 3. The minimum atomic E-state index is -1.24. The smallest absolute Gasteiger partial charge is 0.288 e. The second kappa shape index (κ2) is 5.91. The third-order valence-corrected chi connectivity index (χ3v) is 5.20. The third kappa shape index (κ3) is 2.55. The van der Waals surface area contributed by atoms with Crippen LogP contribution in [0.2, 0.25) is 0 Å². The number of benzene rings is 1. The van der Waals surface area contributed by atoms with E-state index in [0.717, 1.165) is 27.4 Å². The summed E-state index contributed by atoms with van der Waals surface area (Å²) < 4.78 is 1.48. The van der Waals surface area contributed by atoms with Crippen molar-refractivity contribution in [2.24, 2.45) is 10.7 Å². The van der Waals surface area contributed by atoms with Crippen LogP contribution in [0.25, 0.3) is 5.00 Å². The molecular weight excluding hydrogens is 338 g/mol. The molecule has 1 amide bonds. The predicted octanol–water partition coefficient (Wildman–Crippen LogP) is 1.83. The molecule has 3 heterocycles. The SMILES string of the molecule is CCc1cc2c(s1)-n1nc(C(N)=O)nc1C(O)N=C2c1ccccc1. The molecule has 0 radical (unpaired) electrons. The third-order valence-electron chi connectivity index (χ3n) is 3.94. The first-order chi connectivity index (χ1) is 12.1. The average Bonchev–Trinajstić information content (AvgIpc) is 3.22. The maximum absolute atomic E-state index is 11.4. The van der Waals surface area contributed by atoms with Gasteiger partial charge in [0.25, 0.3) is 5.91 Å². The van der Waals surface area contributed by atoms with Crippen LogP contribution in [0, 0.1) is 0 Å². The first kappa shape index (κ1) is 15.7. The van der Waals surface area contributed by atoms with Gasteiger partial charge < -0.3 is 10.8 Å². The van der Waals surface area contributed by atoms with E-state index in [4.69, 9.17) is 5.73 Å². The lowest BCUT2D eigenvalue weighted by molar-refractivity contribution is 0.0990. The Morgan fingerprint density at radius 2 is 2.12 bits per heavy atom. The lowest BCUT2D eigenvalue weighted by atomic mass is 10.0. The van der Waals surface area contributed by atoms with Crippen molar-refractivity contribution in [2.45, 2.75) is 19.6 Å². The van der Waals surface area contributed by atoms with Crippen LogP contribution in [0.5, 0.6) is 0 Å². The van der Waals surface area contributed by atoms with E-state index in [1.54, 1.807) is 0 Å². The van der Waals surface area contributed by atoms with Gasteiger partial charge in [0, 0.05) is 16.0 Å². The van der Waals surface area contributed by atoms with E-state index in [2.05, 4.69) is 22.0 Å². The number of aliphatic hydroxyl groups is 1. The second-order valence-corrected chi connectivity index (χ2v) is 6.69. The Morgan fingerprint density at radius 1 is 1.36 bits per heavy atom. The molecule has 3 N–H and O–H groups in total. The summed E-state index contributed by atoms with van der Waals surface area (Å²) in [5, 5.41) is 15.5. The van der Waals surface area contributed by atoms with Crippen LogP contribution in [-0.4, -0.2) is 31.5 Å². The van der Waals surface area contributed by atoms with E-state index < -0.39 is 12.1 Å². The zero-order chi connectivity index (χ0) is 17.6. The summed E-state index contributed by atoms with van der Waals surface area (Å²) in [5.74, 6) is -0.691. The fourth-order valence-corrected chi connectivity index (χ4v) is 3.81. The van der Waals surface area contributed by atoms with Crippen molar-refractivity contribution < 1.29 is 9.90 Å². The number of primary amides is 1. The molecule has 0 saturated heterocycles. The molecule has 0 spiro atoms. The fourth-order valence-electron chi connectivity index (χ4n) is 2.75. The number of aromatic nitrogens is 3. The number of thiophene rings is 1. The van der Waals surface area contributed by atoms with Gasteiger partial charge >= 0.3 is 0 Å². The van der Waals surface area contributed by atoms with Crippen LogP contribution >= 0.6 is 11.3 Å². The largest absolute Gasteiger partial charge is 0.365 e. The molecule has 2 aromatic heterocycles. The summed E-state index contributed by atoms with van der Waals surface area (Å²) in [6.45, 7) is 2.07. The number of carbonyl (C=O) groups is 1. The van der Waals surface area contributed by atoms with Gasteiger partial charge in [0.1, 0.15) is 5.00 Å². The zero-order valence-corrected chi connectivity index (χ0v) is 14.2. The number of hydrogen-bond donors (Lipinski definition) is 2. The Bertz CT molecular complexity index is 990. The number of aryl methyl sites for hydroxylation is 1. The normalized spacial score (nSPS) is 15.9. The standard InChI is InChI=1S/C17H15N5O2S/c1-2-10-8-11-12(9-6-4-3-5-7-9)19-16(24)15-20-14(13(18)23)21-22(15)17(11)25-10/h3-8,16,24H,2H2,1H3,(H2,18,23). The van der Waals surface area contributed by atoms with Gasteiger partial charge in [-0.2, -0.15) is 0 Å². The van der Waals surface area contributed by atoms with E-state index in [1.165, 1.54) is 16.0 Å². The van der Waals surface area contributed by atoms with Crippen LogP contribution in [0.3, 0.4) is 0 Å². The number of nitrogens with two attached hydrogens (primary N) is 1. The highest BCUT2D eigenvalue weighted by Crippen LogP contribution is 2.34. The Hall–Kier alpha value is -2.84. The van der Waals surface area contributed by atoms with Crippen molar-refractivity contribution in [1.29, 1.82) is 0 Å². The number of aliphatic imine (C=N–C) groups is 1. The molecule has 0 bridgehead atoms. The molecule has 3 aromatic rings. The Morgan fingerprint density at radius 3 is 2.80 bits per heavy atom. The van der Waals surface area contributed by atoms with Gasteiger partial charge in [0.05, 0.1) is 5.71 Å². The molecule has 0 fully saturated rings. The van der Waals surface area contributed by atoms with Gasteiger partial charge in [-0.3, -0.25) is 4.79 Å². The molecule has 1 unspecified atom stereocenters. The first-order valence-electron chi connectivity index (χ1n) is 7.80. The Balaban J connectivity index is 1.98. The van der Waals surface area contributed by atoms with Gasteiger partial charge in [-0.15, -0.1) is 16.4 Å². The van der Waals surface area contributed by atoms with Crippen molar-refractivity contribution in [1.82, 2.24) is 14.8 Å². The van der Waals surface area contributed by atoms with Crippen molar-refractivity contribution in [3.63, 3.8) is 0 Å². The summed E-state index contributed by atoms with van der Waals surface area (Å²) in [7, 11) is 0. The molecule has 1 aromatic carbocycles. The molecule has 7 nitrogen and oxygen atoms in total. The number of hydrogen-bond acceptors (Lipinski definition) is 6. The predicted molar refractivity (Wildman–Crippen MR) is 94.2 cm³/mol. The van der Waals surface area contributed by atoms with E-state index >= 15 is 0 Å². The molecule has 25 heavy (non-hydrogen) atoms. The van der Waals surface area contributed by atoms with Gasteiger partial charge in [0.15, 0.2) is 5.82 Å². The first-order valence-corrected chi connectivity index (χ1v) is 8.61. The average molecular weight is 353 g/mol. The fraction of sp³-hybridized carbons (Fsp3) is 0.176. The lowest BCUT2D eigenvalue weighted by Crippen LogP contribution is -2.14. The van der Waals surface area contributed by atoms with Crippen molar-refractivity contribution in [2.75, 3.05) is 0 Å². The number of rotatable bonds is 3. The number of amides is 1. The monoisotopic (exact) mass is 353 g/mol. The summed E-state index contributed by atoms with van der Waals surface area (Å²) in [6.07, 6.45) is -0.380. The Labute approximate surface area is 147 Å². The highest BCUT2D eigenvalue weighted by Gasteiger charge is 2.29. The highest BCUT2D eigenvalue weighted by atomic mass is 32.1. The topological polar surface area (TPSA) is 106 Å². The summed E-state index contributed by atoms with van der Waals surface area (Å²) in [4.78, 5) is 21.1. The minimum absolute atomic E-state index is 0.134.